The fourth-order valence-electron chi connectivity index (χ4n) is 4.00. The highest BCUT2D eigenvalue weighted by atomic mass is 79.9. The molecule has 0 spiro atoms. The molecule has 34 heavy (non-hydrogen) atoms. The summed E-state index contributed by atoms with van der Waals surface area (Å²) in [7, 11) is 1.49. The minimum absolute atomic E-state index is 0.0635. The maximum atomic E-state index is 13.2. The van der Waals surface area contributed by atoms with E-state index in [1.807, 2.05) is 0 Å². The van der Waals surface area contributed by atoms with E-state index in [-0.39, 0.29) is 17.8 Å². The summed E-state index contributed by atoms with van der Waals surface area (Å²) in [6, 6.07) is 19.1. The lowest BCUT2D eigenvalue weighted by Gasteiger charge is -2.26. The predicted molar refractivity (Wildman–Crippen MR) is 130 cm³/mol. The second-order valence-corrected chi connectivity index (χ2v) is 8.57. The molecule has 0 radical (unpaired) electrons. The molecule has 3 aromatic rings. The molecule has 2 N–H and O–H groups in total. The second kappa shape index (κ2) is 9.52. The lowest BCUT2D eigenvalue weighted by atomic mass is 9.94. The number of para-hydroxylation sites is 1. The third-order valence-corrected chi connectivity index (χ3v) is 6.09. The molecule has 172 valence electrons. The first-order valence-electron chi connectivity index (χ1n) is 10.3. The minimum atomic E-state index is -0.975. The summed E-state index contributed by atoms with van der Waals surface area (Å²) in [6.45, 7) is 0. The van der Waals surface area contributed by atoms with Crippen molar-refractivity contribution in [1.82, 2.24) is 0 Å². The second-order valence-electron chi connectivity index (χ2n) is 7.65. The van der Waals surface area contributed by atoms with E-state index in [1.165, 1.54) is 12.0 Å². The number of ether oxygens (including phenoxy) is 1. The fraction of sp³-hybridized carbons (Fsp3) is 0.115. The number of Topliss-reactive ketones (excluding diaryl/α,β-unsaturated/α-hetero) is 1. The Bertz CT molecular complexity index is 1300. The minimum Gasteiger partial charge on any atom is -0.507 e. The van der Waals surface area contributed by atoms with Crippen LogP contribution in [0.2, 0.25) is 0 Å². The number of carboxylic acid groups (broad SMARTS) is 1. The van der Waals surface area contributed by atoms with Crippen LogP contribution in [0.4, 0.5) is 5.69 Å². The number of amides is 1. The summed E-state index contributed by atoms with van der Waals surface area (Å²) < 4.78 is 6.30. The number of hydrogen-bond acceptors (Lipinski definition) is 5. The number of ketones is 1. The van der Waals surface area contributed by atoms with Crippen LogP contribution in [0.3, 0.4) is 0 Å². The summed E-state index contributed by atoms with van der Waals surface area (Å²) in [5.41, 5.74) is 1.79. The molecule has 1 saturated heterocycles. The van der Waals surface area contributed by atoms with E-state index in [0.717, 1.165) is 4.47 Å². The molecular weight excluding hydrogens is 502 g/mol. The van der Waals surface area contributed by atoms with Gasteiger partial charge in [-0.1, -0.05) is 58.4 Å². The Balaban J connectivity index is 1.91. The van der Waals surface area contributed by atoms with Crippen LogP contribution in [0.25, 0.3) is 5.76 Å². The number of aliphatic carboxylic acids is 1. The number of hydrogen-bond donors (Lipinski definition) is 2. The molecule has 4 rings (SSSR count). The van der Waals surface area contributed by atoms with Gasteiger partial charge in [0.2, 0.25) is 0 Å². The Morgan fingerprint density at radius 2 is 1.62 bits per heavy atom. The molecule has 0 saturated carbocycles. The van der Waals surface area contributed by atoms with Crippen molar-refractivity contribution in [2.75, 3.05) is 12.0 Å². The molecule has 8 heteroatoms. The summed E-state index contributed by atoms with van der Waals surface area (Å²) in [4.78, 5) is 38.8. The van der Waals surface area contributed by atoms with E-state index in [0.29, 0.717) is 28.1 Å². The number of anilines is 1. The number of nitrogens with zero attached hydrogens (tertiary/aromatic N) is 1. The molecule has 1 aliphatic heterocycles. The number of carboxylic acids is 1. The van der Waals surface area contributed by atoms with Gasteiger partial charge in [0.05, 0.1) is 25.1 Å². The zero-order valence-electron chi connectivity index (χ0n) is 18.1. The number of rotatable bonds is 6. The zero-order chi connectivity index (χ0) is 24.4. The highest BCUT2D eigenvalue weighted by molar-refractivity contribution is 9.10. The predicted octanol–water partition coefficient (Wildman–Crippen LogP) is 4.71. The van der Waals surface area contributed by atoms with Gasteiger partial charge in [0.25, 0.3) is 11.7 Å². The van der Waals surface area contributed by atoms with Gasteiger partial charge in [-0.05, 0) is 35.9 Å². The normalized spacial score (nSPS) is 17.1. The van der Waals surface area contributed by atoms with Gasteiger partial charge in [-0.15, -0.1) is 0 Å². The maximum absolute atomic E-state index is 13.2. The largest absolute Gasteiger partial charge is 0.507 e. The lowest BCUT2D eigenvalue weighted by Crippen LogP contribution is -2.29. The van der Waals surface area contributed by atoms with Crippen molar-refractivity contribution in [3.8, 4) is 5.75 Å². The van der Waals surface area contributed by atoms with Gasteiger partial charge in [-0.3, -0.25) is 19.3 Å². The van der Waals surface area contributed by atoms with Crippen molar-refractivity contribution < 1.29 is 29.3 Å². The third kappa shape index (κ3) is 4.32. The van der Waals surface area contributed by atoms with Crippen molar-refractivity contribution >= 4 is 45.0 Å². The van der Waals surface area contributed by atoms with Crippen LogP contribution in [0.5, 0.6) is 5.75 Å². The molecule has 1 aliphatic rings. The smallest absolute Gasteiger partial charge is 0.307 e. The number of benzene rings is 3. The SMILES string of the molecule is COc1ccccc1C1/C(=C(/O)c2ccc(Br)cc2)C(=O)C(=O)N1c1ccc(CC(=O)O)cc1. The number of methoxy groups -OCH3 is 1. The van der Waals surface area contributed by atoms with Crippen LogP contribution in [0.15, 0.2) is 82.8 Å². The molecule has 3 aromatic carbocycles. The fourth-order valence-corrected chi connectivity index (χ4v) is 4.26. The number of halogens is 1. The van der Waals surface area contributed by atoms with E-state index in [9.17, 15) is 19.5 Å². The van der Waals surface area contributed by atoms with Crippen LogP contribution in [-0.4, -0.2) is 35.0 Å². The number of aliphatic hydroxyl groups is 1. The third-order valence-electron chi connectivity index (χ3n) is 5.57. The standard InChI is InChI=1S/C26H20BrNO6/c1-34-20-5-3-2-4-19(20)23-22(24(31)16-8-10-17(27)11-9-16)25(32)26(33)28(23)18-12-6-15(7-13-18)14-21(29)30/h2-13,23,31H,14H2,1H3,(H,29,30)/b24-22-. The number of aliphatic hydroxyl groups excluding tert-OH is 1. The molecular formula is C26H20BrNO6. The first-order chi connectivity index (χ1) is 16.3. The van der Waals surface area contributed by atoms with E-state index in [2.05, 4.69) is 15.9 Å². The van der Waals surface area contributed by atoms with Gasteiger partial charge in [-0.2, -0.15) is 0 Å². The van der Waals surface area contributed by atoms with E-state index < -0.39 is 23.7 Å². The van der Waals surface area contributed by atoms with Crippen LogP contribution in [0.1, 0.15) is 22.7 Å². The topological polar surface area (TPSA) is 104 Å². The van der Waals surface area contributed by atoms with Gasteiger partial charge in [-0.25, -0.2) is 0 Å². The Morgan fingerprint density at radius 3 is 2.24 bits per heavy atom. The van der Waals surface area contributed by atoms with Crippen molar-refractivity contribution in [3.05, 3.63) is 99.5 Å². The van der Waals surface area contributed by atoms with Gasteiger partial charge in [0, 0.05) is 21.3 Å². The van der Waals surface area contributed by atoms with Crippen molar-refractivity contribution in [2.45, 2.75) is 12.5 Å². The van der Waals surface area contributed by atoms with Gasteiger partial charge in [0.1, 0.15) is 11.5 Å². The van der Waals surface area contributed by atoms with E-state index in [4.69, 9.17) is 9.84 Å². The number of carbonyl (C=O) groups excluding carboxylic acids is 2. The average molecular weight is 522 g/mol. The van der Waals surface area contributed by atoms with E-state index >= 15 is 0 Å². The molecule has 0 aromatic heterocycles. The Kier molecular flexibility index (Phi) is 6.51. The van der Waals surface area contributed by atoms with Crippen molar-refractivity contribution in [2.24, 2.45) is 0 Å². The highest BCUT2D eigenvalue weighted by Gasteiger charge is 2.47. The molecule has 1 atom stereocenters. The van der Waals surface area contributed by atoms with Gasteiger partial charge >= 0.3 is 5.97 Å². The van der Waals surface area contributed by atoms with Crippen molar-refractivity contribution in [3.63, 3.8) is 0 Å². The Morgan fingerprint density at radius 1 is 0.971 bits per heavy atom. The summed E-state index contributed by atoms with van der Waals surface area (Å²) >= 11 is 3.35. The molecule has 0 aliphatic carbocycles. The first kappa shape index (κ1) is 23.3. The first-order valence-corrected chi connectivity index (χ1v) is 11.1. The number of carbonyl (C=O) groups is 3. The van der Waals surface area contributed by atoms with Crippen LogP contribution < -0.4 is 9.64 Å². The van der Waals surface area contributed by atoms with E-state index in [1.54, 1.807) is 72.8 Å². The zero-order valence-corrected chi connectivity index (χ0v) is 19.7. The molecule has 1 fully saturated rings. The molecule has 7 nitrogen and oxygen atoms in total. The quantitative estimate of drug-likeness (QED) is 0.276. The average Bonchev–Trinajstić information content (AvgIpc) is 3.09. The summed E-state index contributed by atoms with van der Waals surface area (Å²) in [5.74, 6) is -2.46. The van der Waals surface area contributed by atoms with Gasteiger partial charge in [0.15, 0.2) is 0 Å². The Labute approximate surface area is 204 Å². The van der Waals surface area contributed by atoms with Crippen LogP contribution in [0, 0.1) is 0 Å². The molecule has 1 amide bonds. The highest BCUT2D eigenvalue weighted by Crippen LogP contribution is 2.44. The molecule has 1 unspecified atom stereocenters. The van der Waals surface area contributed by atoms with Gasteiger partial charge < -0.3 is 14.9 Å². The maximum Gasteiger partial charge on any atom is 0.307 e. The Hall–Kier alpha value is -3.91. The molecule has 0 bridgehead atoms. The van der Waals surface area contributed by atoms with Crippen molar-refractivity contribution in [1.29, 1.82) is 0 Å². The molecule has 1 heterocycles. The summed E-state index contributed by atoms with van der Waals surface area (Å²) in [6.07, 6.45) is -0.168. The lowest BCUT2D eigenvalue weighted by molar-refractivity contribution is -0.136. The summed E-state index contributed by atoms with van der Waals surface area (Å²) in [5, 5.41) is 20.2. The van der Waals surface area contributed by atoms with Crippen LogP contribution in [-0.2, 0) is 20.8 Å². The van der Waals surface area contributed by atoms with Crippen LogP contribution >= 0.6 is 15.9 Å². The monoisotopic (exact) mass is 521 g/mol.